The number of rotatable bonds is 0. The number of para-hydroxylation sites is 1. The Hall–Kier alpha value is -0.500. The summed E-state index contributed by atoms with van der Waals surface area (Å²) in [6, 6.07) is 6.45. The van der Waals surface area contributed by atoms with E-state index in [1.54, 1.807) is 0 Å². The van der Waals surface area contributed by atoms with Crippen LogP contribution in [0.5, 0.6) is 0 Å². The molecule has 0 spiro atoms. The van der Waals surface area contributed by atoms with Gasteiger partial charge in [-0.1, -0.05) is 32.9 Å². The van der Waals surface area contributed by atoms with Crippen molar-refractivity contribution in [2.24, 2.45) is 5.41 Å². The fraction of sp³-hybridized carbons (Fsp3) is 0.500. The molecule has 1 unspecified atom stereocenters. The molecule has 2 heteroatoms. The second-order valence-corrected chi connectivity index (χ2v) is 5.86. The zero-order valence-corrected chi connectivity index (χ0v) is 10.5. The van der Waals surface area contributed by atoms with Crippen molar-refractivity contribution in [3.05, 3.63) is 28.2 Å². The molecule has 1 atom stereocenters. The summed E-state index contributed by atoms with van der Waals surface area (Å²) in [6.07, 6.45) is 0. The molecule has 1 aromatic carbocycles. The van der Waals surface area contributed by atoms with Gasteiger partial charge in [-0.2, -0.15) is 0 Å². The van der Waals surface area contributed by atoms with Crippen LogP contribution in [0.1, 0.15) is 32.3 Å². The zero-order valence-electron chi connectivity index (χ0n) is 8.89. The Balaban J connectivity index is 2.45. The highest BCUT2D eigenvalue weighted by Crippen LogP contribution is 2.45. The lowest BCUT2D eigenvalue weighted by Gasteiger charge is -2.26. The molecule has 0 bridgehead atoms. The number of anilines is 1. The molecule has 1 aliphatic rings. The zero-order chi connectivity index (χ0) is 10.3. The predicted molar refractivity (Wildman–Crippen MR) is 64.8 cm³/mol. The summed E-state index contributed by atoms with van der Waals surface area (Å²) >= 11 is 3.58. The maximum absolute atomic E-state index is 3.58. The Bertz CT molecular complexity index is 352. The summed E-state index contributed by atoms with van der Waals surface area (Å²) < 4.78 is 1.18. The smallest absolute Gasteiger partial charge is 0.0521 e. The molecule has 0 saturated heterocycles. The van der Waals surface area contributed by atoms with Crippen molar-refractivity contribution < 1.29 is 0 Å². The van der Waals surface area contributed by atoms with Crippen molar-refractivity contribution >= 4 is 21.6 Å². The topological polar surface area (TPSA) is 12.0 Å². The Kier molecular flexibility index (Phi) is 2.34. The van der Waals surface area contributed by atoms with E-state index < -0.39 is 0 Å². The van der Waals surface area contributed by atoms with Crippen molar-refractivity contribution in [2.75, 3.05) is 11.9 Å². The minimum atomic E-state index is 0.332. The van der Waals surface area contributed by atoms with Gasteiger partial charge >= 0.3 is 0 Å². The van der Waals surface area contributed by atoms with Crippen molar-refractivity contribution in [3.8, 4) is 0 Å². The van der Waals surface area contributed by atoms with Crippen molar-refractivity contribution in [3.63, 3.8) is 0 Å². The summed E-state index contributed by atoms with van der Waals surface area (Å²) in [4.78, 5) is 0. The van der Waals surface area contributed by atoms with Crippen LogP contribution < -0.4 is 5.32 Å². The molecule has 1 aliphatic heterocycles. The van der Waals surface area contributed by atoms with Crippen LogP contribution in [0.4, 0.5) is 5.69 Å². The molecule has 1 aromatic rings. The van der Waals surface area contributed by atoms with E-state index in [4.69, 9.17) is 0 Å². The van der Waals surface area contributed by atoms with E-state index in [1.165, 1.54) is 15.7 Å². The monoisotopic (exact) mass is 253 g/mol. The van der Waals surface area contributed by atoms with Crippen LogP contribution in [0.3, 0.4) is 0 Å². The van der Waals surface area contributed by atoms with Gasteiger partial charge in [-0.25, -0.2) is 0 Å². The largest absolute Gasteiger partial charge is 0.383 e. The minimum absolute atomic E-state index is 0.332. The van der Waals surface area contributed by atoms with Crippen LogP contribution >= 0.6 is 15.9 Å². The summed E-state index contributed by atoms with van der Waals surface area (Å²) in [6.45, 7) is 7.96. The van der Waals surface area contributed by atoms with Crippen molar-refractivity contribution in [2.45, 2.75) is 26.7 Å². The number of hydrogen-bond donors (Lipinski definition) is 1. The van der Waals surface area contributed by atoms with Crippen LogP contribution in [-0.2, 0) is 0 Å². The third-order valence-corrected chi connectivity index (χ3v) is 3.61. The lowest BCUT2D eigenvalue weighted by molar-refractivity contribution is 0.339. The normalized spacial score (nSPS) is 20.4. The third-order valence-electron chi connectivity index (χ3n) is 2.95. The SMILES string of the molecule is CC(C)(C)C1CNc2c(Br)cccc21. The number of hydrogen-bond acceptors (Lipinski definition) is 1. The van der Waals surface area contributed by atoms with E-state index in [1.807, 2.05) is 0 Å². The molecule has 76 valence electrons. The van der Waals surface area contributed by atoms with E-state index in [9.17, 15) is 0 Å². The second-order valence-electron chi connectivity index (χ2n) is 5.00. The highest BCUT2D eigenvalue weighted by Gasteiger charge is 2.32. The molecular weight excluding hydrogens is 238 g/mol. The summed E-state index contributed by atoms with van der Waals surface area (Å²) in [5.74, 6) is 0.620. The molecule has 0 amide bonds. The van der Waals surface area contributed by atoms with Gasteiger partial charge in [0.15, 0.2) is 0 Å². The van der Waals surface area contributed by atoms with Gasteiger partial charge in [0.05, 0.1) is 5.69 Å². The van der Waals surface area contributed by atoms with E-state index in [0.717, 1.165) is 6.54 Å². The number of nitrogens with one attached hydrogen (secondary N) is 1. The minimum Gasteiger partial charge on any atom is -0.383 e. The first kappa shape index (κ1) is 10.0. The number of benzene rings is 1. The summed E-state index contributed by atoms with van der Waals surface area (Å²) in [5.41, 5.74) is 3.07. The molecule has 0 aliphatic carbocycles. The van der Waals surface area contributed by atoms with Gasteiger partial charge < -0.3 is 5.32 Å². The maximum atomic E-state index is 3.58. The average Bonchev–Trinajstić information content (AvgIpc) is 2.47. The van der Waals surface area contributed by atoms with E-state index in [2.05, 4.69) is 60.2 Å². The van der Waals surface area contributed by atoms with E-state index >= 15 is 0 Å². The standard InChI is InChI=1S/C12H16BrN/c1-12(2,3)9-7-14-11-8(9)5-4-6-10(11)13/h4-6,9,14H,7H2,1-3H3. The summed E-state index contributed by atoms with van der Waals surface area (Å²) in [7, 11) is 0. The molecule has 14 heavy (non-hydrogen) atoms. The van der Waals surface area contributed by atoms with Crippen LogP contribution in [0.25, 0.3) is 0 Å². The van der Waals surface area contributed by atoms with Gasteiger partial charge in [0.1, 0.15) is 0 Å². The first-order valence-electron chi connectivity index (χ1n) is 5.02. The molecule has 2 rings (SSSR count). The van der Waals surface area contributed by atoms with Crippen LogP contribution in [-0.4, -0.2) is 6.54 Å². The number of fused-ring (bicyclic) bond motifs is 1. The van der Waals surface area contributed by atoms with Gasteiger partial charge in [0.2, 0.25) is 0 Å². The first-order valence-corrected chi connectivity index (χ1v) is 5.82. The molecule has 1 N–H and O–H groups in total. The molecular formula is C12H16BrN. The maximum Gasteiger partial charge on any atom is 0.0521 e. The molecule has 1 heterocycles. The first-order chi connectivity index (χ1) is 6.50. The molecule has 0 saturated carbocycles. The van der Waals surface area contributed by atoms with E-state index in [0.29, 0.717) is 11.3 Å². The summed E-state index contributed by atoms with van der Waals surface area (Å²) in [5, 5.41) is 3.48. The van der Waals surface area contributed by atoms with Crippen molar-refractivity contribution in [1.82, 2.24) is 0 Å². The highest BCUT2D eigenvalue weighted by molar-refractivity contribution is 9.10. The Labute approximate surface area is 94.0 Å². The fourth-order valence-corrected chi connectivity index (χ4v) is 2.63. The lowest BCUT2D eigenvalue weighted by Crippen LogP contribution is -2.19. The fourth-order valence-electron chi connectivity index (χ4n) is 2.10. The Morgan fingerprint density at radius 3 is 2.71 bits per heavy atom. The van der Waals surface area contributed by atoms with Gasteiger partial charge in [-0.15, -0.1) is 0 Å². The Morgan fingerprint density at radius 1 is 1.36 bits per heavy atom. The quantitative estimate of drug-likeness (QED) is 0.737. The molecule has 0 fully saturated rings. The van der Waals surface area contributed by atoms with Gasteiger partial charge in [-0.3, -0.25) is 0 Å². The van der Waals surface area contributed by atoms with E-state index in [-0.39, 0.29) is 0 Å². The lowest BCUT2D eigenvalue weighted by atomic mass is 9.78. The average molecular weight is 254 g/mol. The van der Waals surface area contributed by atoms with Gasteiger partial charge in [0.25, 0.3) is 0 Å². The highest BCUT2D eigenvalue weighted by atomic mass is 79.9. The Morgan fingerprint density at radius 2 is 2.07 bits per heavy atom. The van der Waals surface area contributed by atoms with Gasteiger partial charge in [-0.05, 0) is 33.0 Å². The van der Waals surface area contributed by atoms with Crippen molar-refractivity contribution in [1.29, 1.82) is 0 Å². The van der Waals surface area contributed by atoms with Gasteiger partial charge in [0, 0.05) is 16.9 Å². The molecule has 0 radical (unpaired) electrons. The van der Waals surface area contributed by atoms with Crippen LogP contribution in [0, 0.1) is 5.41 Å². The second kappa shape index (κ2) is 3.27. The third kappa shape index (κ3) is 1.56. The number of halogens is 1. The molecule has 1 nitrogen and oxygen atoms in total. The molecule has 0 aromatic heterocycles. The predicted octanol–water partition coefficient (Wildman–Crippen LogP) is 4.00. The van der Waals surface area contributed by atoms with Crippen LogP contribution in [0.2, 0.25) is 0 Å². The van der Waals surface area contributed by atoms with Crippen LogP contribution in [0.15, 0.2) is 22.7 Å².